The van der Waals surface area contributed by atoms with E-state index in [1.165, 1.54) is 0 Å². The van der Waals surface area contributed by atoms with Crippen molar-refractivity contribution in [3.05, 3.63) is 0 Å². The molecule has 1 atom stereocenters. The molecule has 0 aliphatic rings. The summed E-state index contributed by atoms with van der Waals surface area (Å²) in [7, 11) is 0. The van der Waals surface area contributed by atoms with E-state index in [0.717, 1.165) is 18.2 Å². The van der Waals surface area contributed by atoms with Crippen LogP contribution >= 0.6 is 15.9 Å². The molecule has 0 heterocycles. The van der Waals surface area contributed by atoms with Gasteiger partial charge in [0.1, 0.15) is 6.61 Å². The molecule has 0 fully saturated rings. The summed E-state index contributed by atoms with van der Waals surface area (Å²) in [5.74, 6) is 0. The van der Waals surface area contributed by atoms with E-state index in [0.29, 0.717) is 12.6 Å². The maximum Gasteiger partial charge on any atom is 0.411 e. The van der Waals surface area contributed by atoms with Gasteiger partial charge < -0.3 is 10.1 Å². The highest BCUT2D eigenvalue weighted by Gasteiger charge is 2.27. The topological polar surface area (TPSA) is 21.3 Å². The summed E-state index contributed by atoms with van der Waals surface area (Å²) in [5.41, 5.74) is 0. The van der Waals surface area contributed by atoms with Crippen molar-refractivity contribution in [2.75, 3.05) is 25.1 Å². The first-order valence-corrected chi connectivity index (χ1v) is 6.05. The smallest absolute Gasteiger partial charge is 0.371 e. The first-order chi connectivity index (χ1) is 6.99. The predicted molar refractivity (Wildman–Crippen MR) is 57.4 cm³/mol. The molecular formula is C9H17BrF3NO. The van der Waals surface area contributed by atoms with E-state index in [1.54, 1.807) is 0 Å². The monoisotopic (exact) mass is 291 g/mol. The molecule has 15 heavy (non-hydrogen) atoms. The van der Waals surface area contributed by atoms with Crippen LogP contribution in [0.25, 0.3) is 0 Å². The zero-order valence-electron chi connectivity index (χ0n) is 8.74. The second-order valence-electron chi connectivity index (χ2n) is 3.20. The average Bonchev–Trinajstić information content (AvgIpc) is 2.14. The van der Waals surface area contributed by atoms with Crippen LogP contribution in [0.2, 0.25) is 0 Å². The number of rotatable bonds is 8. The lowest BCUT2D eigenvalue weighted by Crippen LogP contribution is -2.32. The summed E-state index contributed by atoms with van der Waals surface area (Å²) < 4.78 is 39.5. The molecule has 6 heteroatoms. The molecular weight excluding hydrogens is 275 g/mol. The Morgan fingerprint density at radius 2 is 2.07 bits per heavy atom. The normalized spacial score (nSPS) is 14.2. The number of halogens is 4. The van der Waals surface area contributed by atoms with E-state index in [2.05, 4.69) is 26.0 Å². The third-order valence-corrected chi connectivity index (χ3v) is 2.35. The molecule has 1 N–H and O–H groups in total. The summed E-state index contributed by atoms with van der Waals surface area (Å²) in [6.45, 7) is 1.43. The van der Waals surface area contributed by atoms with Gasteiger partial charge in [-0.25, -0.2) is 0 Å². The minimum atomic E-state index is -4.22. The van der Waals surface area contributed by atoms with Gasteiger partial charge in [-0.2, -0.15) is 13.2 Å². The Morgan fingerprint density at radius 3 is 2.53 bits per heavy atom. The first-order valence-electron chi connectivity index (χ1n) is 4.93. The van der Waals surface area contributed by atoms with Gasteiger partial charge in [0.05, 0.1) is 6.61 Å². The van der Waals surface area contributed by atoms with Gasteiger partial charge in [0.2, 0.25) is 0 Å². The van der Waals surface area contributed by atoms with Crippen LogP contribution in [0.15, 0.2) is 0 Å². The third kappa shape index (κ3) is 10.5. The zero-order chi connectivity index (χ0) is 11.7. The molecule has 0 saturated carbocycles. The molecule has 0 amide bonds. The van der Waals surface area contributed by atoms with Crippen molar-refractivity contribution in [2.45, 2.75) is 32.0 Å². The highest BCUT2D eigenvalue weighted by molar-refractivity contribution is 9.09. The molecule has 0 aromatic carbocycles. The maximum atomic E-state index is 11.7. The molecule has 0 aliphatic carbocycles. The van der Waals surface area contributed by atoms with Crippen LogP contribution in [0.3, 0.4) is 0 Å². The number of nitrogens with one attached hydrogen (secondary N) is 1. The van der Waals surface area contributed by atoms with E-state index < -0.39 is 12.8 Å². The van der Waals surface area contributed by atoms with Gasteiger partial charge in [-0.05, 0) is 12.8 Å². The summed E-state index contributed by atoms with van der Waals surface area (Å²) in [6.07, 6.45) is -2.29. The summed E-state index contributed by atoms with van der Waals surface area (Å²) >= 11 is 3.32. The molecule has 0 bridgehead atoms. The fourth-order valence-electron chi connectivity index (χ4n) is 1.11. The van der Waals surface area contributed by atoms with Gasteiger partial charge in [-0.1, -0.05) is 22.9 Å². The van der Waals surface area contributed by atoms with Crippen molar-refractivity contribution in [3.8, 4) is 0 Å². The minimum absolute atomic E-state index is 0.0955. The summed E-state index contributed by atoms with van der Waals surface area (Å²) in [4.78, 5) is 0. The minimum Gasteiger partial charge on any atom is -0.371 e. The van der Waals surface area contributed by atoms with Crippen molar-refractivity contribution < 1.29 is 17.9 Å². The SMILES string of the molecule is CCC(CCBr)NCCOCC(F)(F)F. The molecule has 0 aromatic heterocycles. The Hall–Kier alpha value is 0.190. The largest absolute Gasteiger partial charge is 0.411 e. The van der Waals surface area contributed by atoms with Crippen molar-refractivity contribution in [3.63, 3.8) is 0 Å². The molecule has 2 nitrogen and oxygen atoms in total. The lowest BCUT2D eigenvalue weighted by Gasteiger charge is -2.15. The van der Waals surface area contributed by atoms with Crippen molar-refractivity contribution >= 4 is 15.9 Å². The Balaban J connectivity index is 3.36. The standard InChI is InChI=1S/C9H17BrF3NO/c1-2-8(3-4-10)14-5-6-15-7-9(11,12)13/h8,14H,2-7H2,1H3. The van der Waals surface area contributed by atoms with E-state index in [9.17, 15) is 13.2 Å². The maximum absolute atomic E-state index is 11.7. The number of alkyl halides is 4. The first kappa shape index (κ1) is 15.2. The van der Waals surface area contributed by atoms with Gasteiger partial charge in [-0.3, -0.25) is 0 Å². The van der Waals surface area contributed by atoms with Crippen molar-refractivity contribution in [2.24, 2.45) is 0 Å². The van der Waals surface area contributed by atoms with Crippen LogP contribution in [0.1, 0.15) is 19.8 Å². The van der Waals surface area contributed by atoms with Gasteiger partial charge in [0.25, 0.3) is 0 Å². The van der Waals surface area contributed by atoms with E-state index in [-0.39, 0.29) is 6.61 Å². The fraction of sp³-hybridized carbons (Fsp3) is 1.00. The van der Waals surface area contributed by atoms with Gasteiger partial charge in [-0.15, -0.1) is 0 Å². The molecule has 0 aliphatic heterocycles. The lowest BCUT2D eigenvalue weighted by molar-refractivity contribution is -0.173. The predicted octanol–water partition coefficient (Wildman–Crippen LogP) is 2.72. The Morgan fingerprint density at radius 1 is 1.40 bits per heavy atom. The van der Waals surface area contributed by atoms with Crippen LogP contribution in [0.4, 0.5) is 13.2 Å². The van der Waals surface area contributed by atoms with Gasteiger partial charge >= 0.3 is 6.18 Å². The Kier molecular flexibility index (Phi) is 8.46. The number of ether oxygens (including phenoxy) is 1. The quantitative estimate of drug-likeness (QED) is 0.548. The molecule has 0 radical (unpaired) electrons. The van der Waals surface area contributed by atoms with Crippen LogP contribution < -0.4 is 5.32 Å². The van der Waals surface area contributed by atoms with E-state index >= 15 is 0 Å². The molecule has 0 rings (SSSR count). The second-order valence-corrected chi connectivity index (χ2v) is 4.00. The van der Waals surface area contributed by atoms with Crippen LogP contribution in [0, 0.1) is 0 Å². The number of hydrogen-bond acceptors (Lipinski definition) is 2. The van der Waals surface area contributed by atoms with Crippen LogP contribution in [-0.2, 0) is 4.74 Å². The van der Waals surface area contributed by atoms with Gasteiger partial charge in [0, 0.05) is 17.9 Å². The van der Waals surface area contributed by atoms with E-state index in [1.807, 2.05) is 6.92 Å². The lowest BCUT2D eigenvalue weighted by atomic mass is 10.2. The molecule has 1 unspecified atom stereocenters. The Labute approximate surface area is 96.7 Å². The summed E-state index contributed by atoms with van der Waals surface area (Å²) in [5, 5.41) is 4.03. The van der Waals surface area contributed by atoms with Crippen LogP contribution in [-0.4, -0.2) is 37.3 Å². The van der Waals surface area contributed by atoms with Crippen molar-refractivity contribution in [1.82, 2.24) is 5.32 Å². The van der Waals surface area contributed by atoms with Crippen molar-refractivity contribution in [1.29, 1.82) is 0 Å². The molecule has 0 saturated heterocycles. The van der Waals surface area contributed by atoms with Gasteiger partial charge in [0.15, 0.2) is 0 Å². The third-order valence-electron chi connectivity index (χ3n) is 1.90. The average molecular weight is 292 g/mol. The van der Waals surface area contributed by atoms with E-state index in [4.69, 9.17) is 0 Å². The number of hydrogen-bond donors (Lipinski definition) is 1. The Bertz CT molecular complexity index is 155. The summed E-state index contributed by atoms with van der Waals surface area (Å²) in [6, 6.07) is 0.346. The zero-order valence-corrected chi connectivity index (χ0v) is 10.3. The molecule has 0 aromatic rings. The highest BCUT2D eigenvalue weighted by Crippen LogP contribution is 2.13. The second kappa shape index (κ2) is 8.35. The molecule has 92 valence electrons. The van der Waals surface area contributed by atoms with Crippen LogP contribution in [0.5, 0.6) is 0 Å². The fourth-order valence-corrected chi connectivity index (χ4v) is 1.66. The highest BCUT2D eigenvalue weighted by atomic mass is 79.9. The molecule has 0 spiro atoms.